The molecule has 3 amide bonds. The van der Waals surface area contributed by atoms with Crippen molar-refractivity contribution in [2.24, 2.45) is 11.8 Å². The van der Waals surface area contributed by atoms with Crippen LogP contribution in [-0.2, 0) is 25.8 Å². The minimum atomic E-state index is -1.12. The van der Waals surface area contributed by atoms with Gasteiger partial charge in [0.1, 0.15) is 23.8 Å². The third-order valence-corrected chi connectivity index (χ3v) is 8.29. The number of aliphatic hydroxyl groups excluding tert-OH is 1. The molecule has 6 atom stereocenters. The number of fused-ring (bicyclic) bond motifs is 2. The Hall–Kier alpha value is -3.05. The maximum absolute atomic E-state index is 13.9. The van der Waals surface area contributed by atoms with Crippen molar-refractivity contribution in [2.75, 3.05) is 13.7 Å². The van der Waals surface area contributed by atoms with E-state index in [0.29, 0.717) is 31.2 Å². The average Bonchev–Trinajstić information content (AvgIpc) is 3.60. The molecule has 11 heteroatoms. The highest BCUT2D eigenvalue weighted by Crippen LogP contribution is 2.64. The number of carbonyl (C=O) groups excluding carboxylic acids is 3. The van der Waals surface area contributed by atoms with Crippen molar-refractivity contribution in [3.63, 3.8) is 0 Å². The van der Waals surface area contributed by atoms with Gasteiger partial charge in [-0.2, -0.15) is 0 Å². The normalized spacial score (nSPS) is 32.2. The van der Waals surface area contributed by atoms with Gasteiger partial charge in [0.25, 0.3) is 0 Å². The predicted molar refractivity (Wildman–Crippen MR) is 125 cm³/mol. The monoisotopic (exact) mass is 484 g/mol. The fourth-order valence-corrected chi connectivity index (χ4v) is 6.60. The summed E-state index contributed by atoms with van der Waals surface area (Å²) in [6.07, 6.45) is 2.11. The van der Waals surface area contributed by atoms with Gasteiger partial charge in [-0.3, -0.25) is 14.4 Å². The SMILES string of the molecule is CC[C@@H](CO)N1C(=O)[C@@H]2[C@H](C(=O)NC)[C@]3(CC)CCC2(O3)C1C(=O)NCn1nnc2ccccc21. The topological polar surface area (TPSA) is 139 Å². The third-order valence-electron chi connectivity index (χ3n) is 8.29. The molecule has 35 heavy (non-hydrogen) atoms. The Labute approximate surface area is 203 Å². The quantitative estimate of drug-likeness (QED) is 0.486. The lowest BCUT2D eigenvalue weighted by Gasteiger charge is -2.37. The summed E-state index contributed by atoms with van der Waals surface area (Å²) in [7, 11) is 1.55. The summed E-state index contributed by atoms with van der Waals surface area (Å²) in [5.41, 5.74) is -0.428. The Kier molecular flexibility index (Phi) is 5.79. The minimum absolute atomic E-state index is 0.0618. The van der Waals surface area contributed by atoms with Gasteiger partial charge < -0.3 is 25.4 Å². The van der Waals surface area contributed by atoms with Gasteiger partial charge in [-0.25, -0.2) is 4.68 Å². The van der Waals surface area contributed by atoms with Crippen LogP contribution < -0.4 is 10.6 Å². The van der Waals surface area contributed by atoms with Crippen molar-refractivity contribution in [1.82, 2.24) is 30.5 Å². The van der Waals surface area contributed by atoms with E-state index in [4.69, 9.17) is 4.74 Å². The number of aromatic nitrogens is 3. The molecular weight excluding hydrogens is 452 g/mol. The standard InChI is InChI=1S/C24H32N6O5/c1-4-14(12-31)30-19(21(33)26-13-29-16-9-7-6-8-15(16)27-28-29)24-11-10-23(5-2,35-24)17(20(32)25-3)18(24)22(30)34/h6-9,14,17-19,31H,4-5,10-13H2,1-3H3,(H,25,32)(H,26,33)/t14-,17+,18-,19?,23-,24?/m0/s1. The molecule has 0 radical (unpaired) electrons. The van der Waals surface area contributed by atoms with Crippen LogP contribution in [0, 0.1) is 11.8 Å². The van der Waals surface area contributed by atoms with Gasteiger partial charge in [0.2, 0.25) is 17.7 Å². The van der Waals surface area contributed by atoms with Gasteiger partial charge in [0, 0.05) is 7.05 Å². The van der Waals surface area contributed by atoms with Crippen LogP contribution >= 0.6 is 0 Å². The molecule has 1 aromatic carbocycles. The van der Waals surface area contributed by atoms with Gasteiger partial charge in [-0.05, 0) is 37.8 Å². The zero-order valence-electron chi connectivity index (χ0n) is 20.2. The lowest BCUT2D eigenvalue weighted by atomic mass is 9.65. The number of hydrogen-bond acceptors (Lipinski definition) is 7. The number of nitrogens with zero attached hydrogens (tertiary/aromatic N) is 4. The molecule has 188 valence electrons. The summed E-state index contributed by atoms with van der Waals surface area (Å²) in [4.78, 5) is 42.2. The first-order chi connectivity index (χ1) is 16.9. The van der Waals surface area contributed by atoms with Crippen molar-refractivity contribution in [3.8, 4) is 0 Å². The van der Waals surface area contributed by atoms with Crippen LogP contribution in [0.5, 0.6) is 0 Å². The van der Waals surface area contributed by atoms with Crippen molar-refractivity contribution >= 4 is 28.8 Å². The van der Waals surface area contributed by atoms with Gasteiger partial charge in [0.05, 0.1) is 35.6 Å². The number of nitrogens with one attached hydrogen (secondary N) is 2. The van der Waals surface area contributed by atoms with Gasteiger partial charge >= 0.3 is 0 Å². The van der Waals surface area contributed by atoms with Crippen molar-refractivity contribution < 1.29 is 24.2 Å². The number of hydrogen-bond donors (Lipinski definition) is 3. The first-order valence-electron chi connectivity index (χ1n) is 12.3. The zero-order chi connectivity index (χ0) is 25.0. The molecule has 3 fully saturated rings. The molecule has 5 rings (SSSR count). The molecule has 2 bridgehead atoms. The van der Waals surface area contributed by atoms with Crippen LogP contribution in [0.25, 0.3) is 11.0 Å². The van der Waals surface area contributed by atoms with E-state index in [0.717, 1.165) is 5.52 Å². The number of para-hydroxylation sites is 1. The lowest BCUT2D eigenvalue weighted by molar-refractivity contribution is -0.151. The number of rotatable bonds is 8. The van der Waals surface area contributed by atoms with E-state index in [9.17, 15) is 19.5 Å². The highest BCUT2D eigenvalue weighted by Gasteiger charge is 2.78. The van der Waals surface area contributed by atoms with Crippen LogP contribution in [0.1, 0.15) is 39.5 Å². The molecule has 0 saturated carbocycles. The predicted octanol–water partition coefficient (Wildman–Crippen LogP) is 0.177. The fourth-order valence-electron chi connectivity index (χ4n) is 6.60. The Morgan fingerprint density at radius 2 is 2.03 bits per heavy atom. The van der Waals surface area contributed by atoms with Gasteiger partial charge in [-0.15, -0.1) is 5.10 Å². The second-order valence-electron chi connectivity index (χ2n) is 9.71. The number of carbonyl (C=O) groups is 3. The number of benzene rings is 1. The van der Waals surface area contributed by atoms with E-state index in [1.807, 2.05) is 38.1 Å². The molecule has 3 saturated heterocycles. The van der Waals surface area contributed by atoms with E-state index < -0.39 is 41.0 Å². The van der Waals surface area contributed by atoms with E-state index in [2.05, 4.69) is 20.9 Å². The highest BCUT2D eigenvalue weighted by atomic mass is 16.5. The van der Waals surface area contributed by atoms with Crippen LogP contribution in [0.4, 0.5) is 0 Å². The molecule has 0 aliphatic carbocycles. The summed E-state index contributed by atoms with van der Waals surface area (Å²) in [5, 5.41) is 23.9. The van der Waals surface area contributed by atoms with Crippen LogP contribution in [0.3, 0.4) is 0 Å². The Bertz CT molecular complexity index is 1160. The Morgan fingerprint density at radius 3 is 2.71 bits per heavy atom. The molecule has 3 N–H and O–H groups in total. The molecule has 3 aliphatic rings. The molecule has 1 aromatic heterocycles. The molecule has 3 aliphatic heterocycles. The largest absolute Gasteiger partial charge is 0.394 e. The number of ether oxygens (including phenoxy) is 1. The molecule has 2 unspecified atom stereocenters. The second-order valence-corrected chi connectivity index (χ2v) is 9.71. The van der Waals surface area contributed by atoms with E-state index >= 15 is 0 Å². The van der Waals surface area contributed by atoms with Crippen LogP contribution in [-0.4, -0.2) is 79.7 Å². The number of likely N-dealkylation sites (tertiary alicyclic amines) is 1. The minimum Gasteiger partial charge on any atom is -0.394 e. The molecular formula is C24H32N6O5. The van der Waals surface area contributed by atoms with Crippen molar-refractivity contribution in [2.45, 2.75) is 69.5 Å². The summed E-state index contributed by atoms with van der Waals surface area (Å²) in [6, 6.07) is 5.91. The fraction of sp³-hybridized carbons (Fsp3) is 0.625. The van der Waals surface area contributed by atoms with Crippen molar-refractivity contribution in [1.29, 1.82) is 0 Å². The van der Waals surface area contributed by atoms with Crippen LogP contribution in [0.15, 0.2) is 24.3 Å². The third kappa shape index (κ3) is 3.21. The van der Waals surface area contributed by atoms with Crippen molar-refractivity contribution in [3.05, 3.63) is 24.3 Å². The number of aliphatic hydroxyl groups is 1. The smallest absolute Gasteiger partial charge is 0.247 e. The maximum Gasteiger partial charge on any atom is 0.247 e. The summed E-state index contributed by atoms with van der Waals surface area (Å²) < 4.78 is 8.22. The highest BCUT2D eigenvalue weighted by molar-refractivity contribution is 5.99. The molecule has 1 spiro atoms. The lowest BCUT2D eigenvalue weighted by Crippen LogP contribution is -2.58. The van der Waals surface area contributed by atoms with E-state index in [1.165, 1.54) is 4.90 Å². The Morgan fingerprint density at radius 1 is 1.26 bits per heavy atom. The Balaban J connectivity index is 1.51. The summed E-state index contributed by atoms with van der Waals surface area (Å²) >= 11 is 0. The van der Waals surface area contributed by atoms with E-state index in [1.54, 1.807) is 11.7 Å². The first-order valence-corrected chi connectivity index (χ1v) is 12.3. The van der Waals surface area contributed by atoms with Gasteiger partial charge in [-0.1, -0.05) is 31.2 Å². The number of amides is 3. The second kappa shape index (κ2) is 8.56. The average molecular weight is 485 g/mol. The summed E-state index contributed by atoms with van der Waals surface area (Å²) in [5.74, 6) is -2.41. The van der Waals surface area contributed by atoms with Crippen LogP contribution in [0.2, 0.25) is 0 Å². The van der Waals surface area contributed by atoms with Gasteiger partial charge in [0.15, 0.2) is 0 Å². The molecule has 2 aromatic rings. The zero-order valence-corrected chi connectivity index (χ0v) is 20.2. The molecule has 4 heterocycles. The van der Waals surface area contributed by atoms with E-state index in [-0.39, 0.29) is 25.1 Å². The molecule has 11 nitrogen and oxygen atoms in total. The maximum atomic E-state index is 13.9. The summed E-state index contributed by atoms with van der Waals surface area (Å²) in [6.45, 7) is 3.59. The first kappa shape index (κ1) is 23.7.